The monoisotopic (exact) mass is 372 g/mol. The molecule has 0 aliphatic heterocycles. The molecule has 0 unspecified atom stereocenters. The van der Waals surface area contributed by atoms with Crippen LogP contribution in [-0.4, -0.2) is 12.5 Å². The second kappa shape index (κ2) is 9.24. The van der Waals surface area contributed by atoms with Crippen LogP contribution in [0.3, 0.4) is 0 Å². The fraction of sp³-hybridized carbons (Fsp3) is 0.130. The van der Waals surface area contributed by atoms with Gasteiger partial charge in [0.05, 0.1) is 23.9 Å². The molecule has 0 atom stereocenters. The molecule has 1 N–H and O–H groups in total. The molecule has 140 valence electrons. The first-order valence-electron chi connectivity index (χ1n) is 8.94. The minimum Gasteiger partial charge on any atom is -0.492 e. The van der Waals surface area contributed by atoms with E-state index in [1.807, 2.05) is 49.4 Å². The smallest absolute Gasteiger partial charge is 0.255 e. The number of nitriles is 1. The molecule has 0 bridgehead atoms. The zero-order chi connectivity index (χ0) is 19.8. The first-order valence-corrected chi connectivity index (χ1v) is 8.94. The molecule has 0 fully saturated rings. The summed E-state index contributed by atoms with van der Waals surface area (Å²) in [7, 11) is 0. The average molecular weight is 372 g/mol. The van der Waals surface area contributed by atoms with Crippen molar-refractivity contribution in [3.8, 4) is 17.6 Å². The van der Waals surface area contributed by atoms with Gasteiger partial charge in [-0.1, -0.05) is 30.3 Å². The van der Waals surface area contributed by atoms with Gasteiger partial charge in [-0.25, -0.2) is 0 Å². The number of nitrogens with one attached hydrogen (secondary N) is 1. The maximum atomic E-state index is 12.6. The van der Waals surface area contributed by atoms with Gasteiger partial charge in [-0.05, 0) is 55.0 Å². The Balaban J connectivity index is 1.67. The minimum atomic E-state index is -0.272. The molecule has 0 saturated heterocycles. The molecule has 0 heterocycles. The lowest BCUT2D eigenvalue weighted by Crippen LogP contribution is -2.13. The number of rotatable bonds is 7. The van der Waals surface area contributed by atoms with E-state index < -0.39 is 0 Å². The Morgan fingerprint density at radius 3 is 2.43 bits per heavy atom. The van der Waals surface area contributed by atoms with Crippen molar-refractivity contribution in [1.82, 2.24) is 0 Å². The molecule has 5 nitrogen and oxygen atoms in total. The summed E-state index contributed by atoms with van der Waals surface area (Å²) in [6.07, 6.45) is 0. The van der Waals surface area contributed by atoms with Crippen LogP contribution in [0.25, 0.3) is 0 Å². The summed E-state index contributed by atoms with van der Waals surface area (Å²) in [5, 5.41) is 11.9. The summed E-state index contributed by atoms with van der Waals surface area (Å²) >= 11 is 0. The number of carbonyl (C=O) groups is 1. The van der Waals surface area contributed by atoms with E-state index in [0.29, 0.717) is 35.8 Å². The molecule has 0 aliphatic rings. The Bertz CT molecular complexity index is 977. The van der Waals surface area contributed by atoms with Crippen LogP contribution in [0.1, 0.15) is 28.4 Å². The van der Waals surface area contributed by atoms with Gasteiger partial charge in [0, 0.05) is 5.56 Å². The normalized spacial score (nSPS) is 10.0. The van der Waals surface area contributed by atoms with Crippen LogP contribution in [-0.2, 0) is 6.61 Å². The lowest BCUT2D eigenvalue weighted by molar-refractivity contribution is 0.102. The van der Waals surface area contributed by atoms with Gasteiger partial charge in [-0.2, -0.15) is 5.26 Å². The van der Waals surface area contributed by atoms with Crippen molar-refractivity contribution in [1.29, 1.82) is 5.26 Å². The van der Waals surface area contributed by atoms with Crippen molar-refractivity contribution < 1.29 is 14.3 Å². The molecule has 28 heavy (non-hydrogen) atoms. The molecular formula is C23H20N2O3. The van der Waals surface area contributed by atoms with E-state index in [2.05, 4.69) is 11.4 Å². The Morgan fingerprint density at radius 1 is 1.00 bits per heavy atom. The lowest BCUT2D eigenvalue weighted by Gasteiger charge is -2.12. The summed E-state index contributed by atoms with van der Waals surface area (Å²) in [5.74, 6) is 1.06. The van der Waals surface area contributed by atoms with Crippen molar-refractivity contribution >= 4 is 11.6 Å². The zero-order valence-corrected chi connectivity index (χ0v) is 15.5. The van der Waals surface area contributed by atoms with E-state index >= 15 is 0 Å². The lowest BCUT2D eigenvalue weighted by atomic mass is 10.1. The van der Waals surface area contributed by atoms with Crippen molar-refractivity contribution in [3.63, 3.8) is 0 Å². The topological polar surface area (TPSA) is 71.3 Å². The molecule has 3 aromatic carbocycles. The Kier molecular flexibility index (Phi) is 6.27. The fourth-order valence-corrected chi connectivity index (χ4v) is 2.61. The van der Waals surface area contributed by atoms with Crippen molar-refractivity contribution in [3.05, 3.63) is 89.5 Å². The number of carbonyl (C=O) groups excluding carboxylic acids is 1. The minimum absolute atomic E-state index is 0.272. The molecule has 3 aromatic rings. The molecule has 1 amide bonds. The first kappa shape index (κ1) is 19.0. The molecule has 0 radical (unpaired) electrons. The number of nitrogens with zero attached hydrogens (tertiary/aromatic N) is 1. The van der Waals surface area contributed by atoms with Crippen LogP contribution in [0.15, 0.2) is 72.8 Å². The Labute approximate surface area is 164 Å². The van der Waals surface area contributed by atoms with Gasteiger partial charge in [0.1, 0.15) is 18.1 Å². The highest BCUT2D eigenvalue weighted by molar-refractivity contribution is 6.05. The van der Waals surface area contributed by atoms with Crippen molar-refractivity contribution in [2.45, 2.75) is 13.5 Å². The number of hydrogen-bond acceptors (Lipinski definition) is 4. The summed E-state index contributed by atoms with van der Waals surface area (Å²) in [6.45, 7) is 2.75. The predicted octanol–water partition coefficient (Wildman–Crippen LogP) is 4.79. The van der Waals surface area contributed by atoms with Gasteiger partial charge in [-0.3, -0.25) is 4.79 Å². The highest BCUT2D eigenvalue weighted by Gasteiger charge is 2.11. The molecule has 0 aromatic heterocycles. The number of ether oxygens (including phenoxy) is 2. The van der Waals surface area contributed by atoms with Crippen LogP contribution >= 0.6 is 0 Å². The molecule has 0 saturated carbocycles. The van der Waals surface area contributed by atoms with Crippen LogP contribution < -0.4 is 14.8 Å². The van der Waals surface area contributed by atoms with E-state index in [1.165, 1.54) is 0 Å². The summed E-state index contributed by atoms with van der Waals surface area (Å²) in [6, 6.07) is 23.8. The largest absolute Gasteiger partial charge is 0.492 e. The fourth-order valence-electron chi connectivity index (χ4n) is 2.61. The maximum Gasteiger partial charge on any atom is 0.255 e. The van der Waals surface area contributed by atoms with Crippen LogP contribution in [0, 0.1) is 11.3 Å². The van der Waals surface area contributed by atoms with Crippen molar-refractivity contribution in [2.75, 3.05) is 11.9 Å². The second-order valence-electron chi connectivity index (χ2n) is 6.01. The van der Waals surface area contributed by atoms with Gasteiger partial charge in [-0.15, -0.1) is 0 Å². The first-order chi connectivity index (χ1) is 13.7. The van der Waals surface area contributed by atoms with Crippen LogP contribution in [0.5, 0.6) is 11.5 Å². The third-order valence-corrected chi connectivity index (χ3v) is 4.02. The van der Waals surface area contributed by atoms with Gasteiger partial charge in [0.15, 0.2) is 0 Å². The number of para-hydroxylation sites is 1. The van der Waals surface area contributed by atoms with E-state index in [0.717, 1.165) is 11.3 Å². The second-order valence-corrected chi connectivity index (χ2v) is 6.01. The summed E-state index contributed by atoms with van der Waals surface area (Å²) in [5.41, 5.74) is 2.39. The summed E-state index contributed by atoms with van der Waals surface area (Å²) < 4.78 is 11.2. The average Bonchev–Trinajstić information content (AvgIpc) is 2.74. The molecule has 0 aliphatic carbocycles. The van der Waals surface area contributed by atoms with Gasteiger partial charge in [0.25, 0.3) is 5.91 Å². The molecule has 5 heteroatoms. The number of amides is 1. The number of benzene rings is 3. The third-order valence-electron chi connectivity index (χ3n) is 4.02. The molecular weight excluding hydrogens is 352 g/mol. The quantitative estimate of drug-likeness (QED) is 0.647. The summed E-state index contributed by atoms with van der Waals surface area (Å²) in [4.78, 5) is 12.6. The number of anilines is 1. The van der Waals surface area contributed by atoms with E-state index in [9.17, 15) is 4.79 Å². The maximum absolute atomic E-state index is 12.6. The van der Waals surface area contributed by atoms with Gasteiger partial charge >= 0.3 is 0 Å². The zero-order valence-electron chi connectivity index (χ0n) is 15.5. The number of hydrogen-bond donors (Lipinski definition) is 1. The van der Waals surface area contributed by atoms with E-state index in [4.69, 9.17) is 14.7 Å². The predicted molar refractivity (Wildman–Crippen MR) is 107 cm³/mol. The van der Waals surface area contributed by atoms with E-state index in [-0.39, 0.29) is 5.91 Å². The Hall–Kier alpha value is -3.78. The van der Waals surface area contributed by atoms with Crippen LogP contribution in [0.2, 0.25) is 0 Å². The molecule has 0 spiro atoms. The third kappa shape index (κ3) is 4.89. The van der Waals surface area contributed by atoms with Gasteiger partial charge < -0.3 is 14.8 Å². The highest BCUT2D eigenvalue weighted by Crippen LogP contribution is 2.26. The molecule has 3 rings (SSSR count). The highest BCUT2D eigenvalue weighted by atomic mass is 16.5. The van der Waals surface area contributed by atoms with E-state index in [1.54, 1.807) is 30.3 Å². The standard InChI is InChI=1S/C23H20N2O3/c1-2-27-22-13-10-18(15-24)14-21(22)25-23(26)19-11-8-17(9-12-19)16-28-20-6-4-3-5-7-20/h3-14H,2,16H2,1H3,(H,25,26). The Morgan fingerprint density at radius 2 is 1.75 bits per heavy atom. The van der Waals surface area contributed by atoms with Crippen molar-refractivity contribution in [2.24, 2.45) is 0 Å². The van der Waals surface area contributed by atoms with Gasteiger partial charge in [0.2, 0.25) is 0 Å². The van der Waals surface area contributed by atoms with Crippen LogP contribution in [0.4, 0.5) is 5.69 Å². The SMILES string of the molecule is CCOc1ccc(C#N)cc1NC(=O)c1ccc(COc2ccccc2)cc1.